The van der Waals surface area contributed by atoms with Crippen LogP contribution in [0.25, 0.3) is 0 Å². The molecular formula is C15H20O2. The van der Waals surface area contributed by atoms with Gasteiger partial charge in [0.1, 0.15) is 0 Å². The number of carbonyl (C=O) groups excluding carboxylic acids is 1. The third kappa shape index (κ3) is 4.85. The largest absolute Gasteiger partial charge is 0.462 e. The van der Waals surface area contributed by atoms with Crippen LogP contribution in [0.5, 0.6) is 0 Å². The molecule has 0 aliphatic heterocycles. The first kappa shape index (κ1) is 13.5. The van der Waals surface area contributed by atoms with Gasteiger partial charge in [-0.25, -0.2) is 4.79 Å². The van der Waals surface area contributed by atoms with Crippen molar-refractivity contribution in [2.45, 2.75) is 33.1 Å². The monoisotopic (exact) mass is 232 g/mol. The molecule has 0 atom stereocenters. The Morgan fingerprint density at radius 2 is 1.88 bits per heavy atom. The zero-order valence-corrected chi connectivity index (χ0v) is 10.6. The zero-order valence-electron chi connectivity index (χ0n) is 10.6. The van der Waals surface area contributed by atoms with Gasteiger partial charge in [0.05, 0.1) is 12.2 Å². The number of benzene rings is 1. The van der Waals surface area contributed by atoms with E-state index in [-0.39, 0.29) is 5.97 Å². The van der Waals surface area contributed by atoms with E-state index in [2.05, 4.69) is 19.1 Å². The van der Waals surface area contributed by atoms with E-state index in [9.17, 15) is 4.79 Å². The fourth-order valence-electron chi connectivity index (χ4n) is 1.50. The van der Waals surface area contributed by atoms with Gasteiger partial charge in [0.15, 0.2) is 0 Å². The Morgan fingerprint density at radius 1 is 1.18 bits per heavy atom. The van der Waals surface area contributed by atoms with Crippen LogP contribution in [0.1, 0.15) is 42.6 Å². The molecule has 1 aromatic rings. The molecule has 92 valence electrons. The van der Waals surface area contributed by atoms with E-state index in [1.54, 1.807) is 0 Å². The van der Waals surface area contributed by atoms with Crippen molar-refractivity contribution in [2.75, 3.05) is 6.61 Å². The molecule has 17 heavy (non-hydrogen) atoms. The minimum atomic E-state index is -0.249. The van der Waals surface area contributed by atoms with Gasteiger partial charge in [-0.05, 0) is 37.5 Å². The average molecular weight is 232 g/mol. The second-order valence-corrected chi connectivity index (χ2v) is 3.88. The molecule has 0 unspecified atom stereocenters. The maximum atomic E-state index is 11.4. The van der Waals surface area contributed by atoms with E-state index in [1.165, 1.54) is 12.0 Å². The van der Waals surface area contributed by atoms with Crippen LogP contribution in [0.3, 0.4) is 0 Å². The third-order valence-electron chi connectivity index (χ3n) is 2.44. The molecule has 0 spiro atoms. The summed E-state index contributed by atoms with van der Waals surface area (Å²) in [5.41, 5.74) is 1.83. The molecule has 0 amide bonds. The van der Waals surface area contributed by atoms with Crippen molar-refractivity contribution in [2.24, 2.45) is 0 Å². The molecule has 0 aliphatic carbocycles. The van der Waals surface area contributed by atoms with Gasteiger partial charge in [-0.15, -0.1) is 0 Å². The molecule has 0 radical (unpaired) electrons. The topological polar surface area (TPSA) is 26.3 Å². The molecule has 0 fully saturated rings. The van der Waals surface area contributed by atoms with E-state index >= 15 is 0 Å². The van der Waals surface area contributed by atoms with Crippen LogP contribution in [0.15, 0.2) is 36.4 Å². The molecular weight excluding hydrogens is 212 g/mol. The molecule has 1 aromatic carbocycles. The number of esters is 1. The molecule has 2 heteroatoms. The lowest BCUT2D eigenvalue weighted by Gasteiger charge is -2.02. The number of ether oxygens (including phenoxy) is 1. The van der Waals surface area contributed by atoms with E-state index in [1.807, 2.05) is 31.2 Å². The van der Waals surface area contributed by atoms with Crippen molar-refractivity contribution in [3.63, 3.8) is 0 Å². The van der Waals surface area contributed by atoms with E-state index in [0.29, 0.717) is 12.2 Å². The summed E-state index contributed by atoms with van der Waals surface area (Å²) in [4.78, 5) is 11.4. The van der Waals surface area contributed by atoms with E-state index in [0.717, 1.165) is 12.8 Å². The predicted octanol–water partition coefficient (Wildman–Crippen LogP) is 3.76. The minimum absolute atomic E-state index is 0.249. The first-order chi connectivity index (χ1) is 8.27. The Morgan fingerprint density at radius 3 is 2.47 bits per heavy atom. The number of hydrogen-bond acceptors (Lipinski definition) is 2. The molecule has 0 aromatic heterocycles. The first-order valence-corrected chi connectivity index (χ1v) is 6.19. The highest BCUT2D eigenvalue weighted by Crippen LogP contribution is 2.07. The third-order valence-corrected chi connectivity index (χ3v) is 2.44. The van der Waals surface area contributed by atoms with Crippen molar-refractivity contribution in [3.8, 4) is 0 Å². The van der Waals surface area contributed by atoms with Gasteiger partial charge < -0.3 is 4.74 Å². The van der Waals surface area contributed by atoms with Crippen LogP contribution >= 0.6 is 0 Å². The van der Waals surface area contributed by atoms with Crippen molar-refractivity contribution in [1.82, 2.24) is 0 Å². The van der Waals surface area contributed by atoms with Crippen molar-refractivity contribution in [1.29, 1.82) is 0 Å². The summed E-state index contributed by atoms with van der Waals surface area (Å²) in [7, 11) is 0. The normalized spacial score (nSPS) is 10.7. The fourth-order valence-corrected chi connectivity index (χ4v) is 1.50. The molecule has 0 bridgehead atoms. The standard InChI is InChI=1S/C15H20O2/c1-3-5-6-7-8-13-9-11-14(12-10-13)15(16)17-4-2/h6-7,9-12H,3-5,8H2,1-2H3/b7-6+. The maximum absolute atomic E-state index is 11.4. The molecule has 0 saturated heterocycles. The van der Waals surface area contributed by atoms with Crippen molar-refractivity contribution < 1.29 is 9.53 Å². The number of hydrogen-bond donors (Lipinski definition) is 0. The van der Waals surface area contributed by atoms with E-state index in [4.69, 9.17) is 4.74 Å². The second kappa shape index (κ2) is 7.66. The molecule has 0 saturated carbocycles. The highest BCUT2D eigenvalue weighted by atomic mass is 16.5. The zero-order chi connectivity index (χ0) is 12.5. The summed E-state index contributed by atoms with van der Waals surface area (Å²) in [5.74, 6) is -0.249. The summed E-state index contributed by atoms with van der Waals surface area (Å²) in [6.07, 6.45) is 7.59. The van der Waals surface area contributed by atoms with Gasteiger partial charge in [0.25, 0.3) is 0 Å². The summed E-state index contributed by atoms with van der Waals surface area (Å²) in [5, 5.41) is 0. The first-order valence-electron chi connectivity index (χ1n) is 6.19. The summed E-state index contributed by atoms with van der Waals surface area (Å²) < 4.78 is 4.93. The van der Waals surface area contributed by atoms with Crippen LogP contribution in [0, 0.1) is 0 Å². The Kier molecular flexibility index (Phi) is 6.08. The van der Waals surface area contributed by atoms with E-state index < -0.39 is 0 Å². The average Bonchev–Trinajstić information content (AvgIpc) is 2.36. The lowest BCUT2D eigenvalue weighted by Crippen LogP contribution is -2.04. The quantitative estimate of drug-likeness (QED) is 0.551. The van der Waals surface area contributed by atoms with Gasteiger partial charge in [0, 0.05) is 0 Å². The maximum Gasteiger partial charge on any atom is 0.338 e. The lowest BCUT2D eigenvalue weighted by atomic mass is 10.1. The Hall–Kier alpha value is -1.57. The smallest absolute Gasteiger partial charge is 0.338 e. The van der Waals surface area contributed by atoms with Crippen LogP contribution < -0.4 is 0 Å². The van der Waals surface area contributed by atoms with Crippen molar-refractivity contribution in [3.05, 3.63) is 47.5 Å². The number of unbranched alkanes of at least 4 members (excludes halogenated alkanes) is 1. The summed E-state index contributed by atoms with van der Waals surface area (Å²) >= 11 is 0. The minimum Gasteiger partial charge on any atom is -0.462 e. The SMILES string of the molecule is CCC/C=C/Cc1ccc(C(=O)OCC)cc1. The molecule has 2 nitrogen and oxygen atoms in total. The highest BCUT2D eigenvalue weighted by Gasteiger charge is 2.04. The van der Waals surface area contributed by atoms with Crippen molar-refractivity contribution >= 4 is 5.97 Å². The van der Waals surface area contributed by atoms with Crippen LogP contribution in [0.2, 0.25) is 0 Å². The van der Waals surface area contributed by atoms with Gasteiger partial charge in [-0.2, -0.15) is 0 Å². The second-order valence-electron chi connectivity index (χ2n) is 3.88. The van der Waals surface area contributed by atoms with Gasteiger partial charge in [-0.3, -0.25) is 0 Å². The highest BCUT2D eigenvalue weighted by molar-refractivity contribution is 5.89. The summed E-state index contributed by atoms with van der Waals surface area (Å²) in [6, 6.07) is 7.59. The Labute approximate surface area is 103 Å². The lowest BCUT2D eigenvalue weighted by molar-refractivity contribution is 0.0526. The molecule has 0 N–H and O–H groups in total. The molecule has 1 rings (SSSR count). The number of carbonyl (C=O) groups is 1. The predicted molar refractivity (Wildman–Crippen MR) is 70.2 cm³/mol. The van der Waals surface area contributed by atoms with Crippen LogP contribution in [-0.2, 0) is 11.2 Å². The Bertz CT molecular complexity index is 363. The van der Waals surface area contributed by atoms with Gasteiger partial charge >= 0.3 is 5.97 Å². The Balaban J connectivity index is 2.53. The summed E-state index contributed by atoms with van der Waals surface area (Å²) in [6.45, 7) is 4.39. The molecule has 0 aliphatic rings. The van der Waals surface area contributed by atoms with Crippen LogP contribution in [-0.4, -0.2) is 12.6 Å². The fraction of sp³-hybridized carbons (Fsp3) is 0.400. The van der Waals surface area contributed by atoms with Gasteiger partial charge in [-0.1, -0.05) is 37.6 Å². The number of rotatable bonds is 6. The molecule has 0 heterocycles. The van der Waals surface area contributed by atoms with Gasteiger partial charge in [0.2, 0.25) is 0 Å². The number of allylic oxidation sites excluding steroid dienone is 2. The van der Waals surface area contributed by atoms with Crippen LogP contribution in [0.4, 0.5) is 0 Å².